The predicted octanol–water partition coefficient (Wildman–Crippen LogP) is 3.22. The van der Waals surface area contributed by atoms with Crippen molar-refractivity contribution < 1.29 is 9.18 Å². The van der Waals surface area contributed by atoms with Gasteiger partial charge in [0.25, 0.3) is 5.91 Å². The summed E-state index contributed by atoms with van der Waals surface area (Å²) in [6.07, 6.45) is 3.38. The van der Waals surface area contributed by atoms with Crippen molar-refractivity contribution in [3.63, 3.8) is 0 Å². The minimum atomic E-state index is -0.550. The third kappa shape index (κ3) is 3.17. The van der Waals surface area contributed by atoms with Crippen LogP contribution in [0.2, 0.25) is 0 Å². The van der Waals surface area contributed by atoms with Crippen molar-refractivity contribution in [2.75, 3.05) is 0 Å². The predicted molar refractivity (Wildman–Crippen MR) is 74.2 cm³/mol. The molecule has 2 aromatic rings. The standard InChI is InChI=1S/C14H12BrFN2O/c1-9-7-17-6-5-10(9)8-18-14(19)11-3-2-4-12(15)13(11)16/h2-7H,8H2,1H3,(H,18,19). The second kappa shape index (κ2) is 5.93. The molecule has 5 heteroatoms. The molecule has 0 aliphatic heterocycles. The highest BCUT2D eigenvalue weighted by molar-refractivity contribution is 9.10. The lowest BCUT2D eigenvalue weighted by Gasteiger charge is -2.08. The Bertz CT molecular complexity index is 616. The highest BCUT2D eigenvalue weighted by atomic mass is 79.9. The smallest absolute Gasteiger partial charge is 0.254 e. The molecule has 0 unspecified atom stereocenters. The lowest BCUT2D eigenvalue weighted by molar-refractivity contribution is 0.0946. The molecule has 0 fully saturated rings. The molecule has 19 heavy (non-hydrogen) atoms. The van der Waals surface area contributed by atoms with E-state index in [-0.39, 0.29) is 10.0 Å². The number of benzene rings is 1. The van der Waals surface area contributed by atoms with Gasteiger partial charge in [0.1, 0.15) is 5.82 Å². The first-order chi connectivity index (χ1) is 9.09. The fraction of sp³-hybridized carbons (Fsp3) is 0.143. The number of pyridine rings is 1. The van der Waals surface area contributed by atoms with Crippen LogP contribution in [0.3, 0.4) is 0 Å². The molecule has 0 aliphatic carbocycles. The molecule has 0 saturated heterocycles. The van der Waals surface area contributed by atoms with E-state index in [1.54, 1.807) is 24.5 Å². The molecule has 0 aliphatic rings. The zero-order valence-electron chi connectivity index (χ0n) is 10.3. The monoisotopic (exact) mass is 322 g/mol. The Kier molecular flexibility index (Phi) is 4.27. The van der Waals surface area contributed by atoms with Gasteiger partial charge in [-0.2, -0.15) is 0 Å². The molecule has 98 valence electrons. The van der Waals surface area contributed by atoms with Crippen LogP contribution < -0.4 is 5.32 Å². The van der Waals surface area contributed by atoms with Crippen LogP contribution in [-0.2, 0) is 6.54 Å². The van der Waals surface area contributed by atoms with Gasteiger partial charge in [-0.05, 0) is 52.2 Å². The van der Waals surface area contributed by atoms with Crippen molar-refractivity contribution in [3.05, 3.63) is 63.6 Å². The van der Waals surface area contributed by atoms with Gasteiger partial charge in [-0.3, -0.25) is 9.78 Å². The summed E-state index contributed by atoms with van der Waals surface area (Å²) in [6.45, 7) is 2.26. The second-order valence-corrected chi connectivity index (χ2v) is 4.94. The average molecular weight is 323 g/mol. The molecule has 2 rings (SSSR count). The molecule has 0 atom stereocenters. The van der Waals surface area contributed by atoms with Gasteiger partial charge in [-0.1, -0.05) is 6.07 Å². The number of hydrogen-bond acceptors (Lipinski definition) is 2. The molecule has 0 saturated carbocycles. The summed E-state index contributed by atoms with van der Waals surface area (Å²) in [6, 6.07) is 6.46. The van der Waals surface area contributed by atoms with Gasteiger partial charge in [-0.15, -0.1) is 0 Å². The van der Waals surface area contributed by atoms with Crippen LogP contribution in [0.1, 0.15) is 21.5 Å². The van der Waals surface area contributed by atoms with Crippen LogP contribution in [0.25, 0.3) is 0 Å². The SMILES string of the molecule is Cc1cnccc1CNC(=O)c1cccc(Br)c1F. The lowest BCUT2D eigenvalue weighted by atomic mass is 10.1. The van der Waals surface area contributed by atoms with Gasteiger partial charge in [0.15, 0.2) is 0 Å². The molecular weight excluding hydrogens is 311 g/mol. The average Bonchev–Trinajstić information content (AvgIpc) is 2.40. The topological polar surface area (TPSA) is 42.0 Å². The quantitative estimate of drug-likeness (QED) is 0.942. The van der Waals surface area contributed by atoms with Gasteiger partial charge in [-0.25, -0.2) is 4.39 Å². The highest BCUT2D eigenvalue weighted by Crippen LogP contribution is 2.18. The van der Waals surface area contributed by atoms with Crippen molar-refractivity contribution in [2.45, 2.75) is 13.5 Å². The van der Waals surface area contributed by atoms with Crippen LogP contribution in [0, 0.1) is 12.7 Å². The molecule has 1 N–H and O–H groups in total. The number of rotatable bonds is 3. The number of nitrogens with one attached hydrogen (secondary N) is 1. The number of aryl methyl sites for hydroxylation is 1. The molecule has 1 amide bonds. The fourth-order valence-electron chi connectivity index (χ4n) is 1.65. The first-order valence-corrected chi connectivity index (χ1v) is 6.50. The van der Waals surface area contributed by atoms with E-state index in [2.05, 4.69) is 26.2 Å². The van der Waals surface area contributed by atoms with E-state index >= 15 is 0 Å². The van der Waals surface area contributed by atoms with E-state index in [1.807, 2.05) is 13.0 Å². The Labute approximate surface area is 119 Å². The molecule has 3 nitrogen and oxygen atoms in total. The fourth-order valence-corrected chi connectivity index (χ4v) is 2.02. The Morgan fingerprint density at radius 3 is 2.95 bits per heavy atom. The number of aromatic nitrogens is 1. The maximum atomic E-state index is 13.7. The largest absolute Gasteiger partial charge is 0.348 e. The number of nitrogens with zero attached hydrogens (tertiary/aromatic N) is 1. The number of hydrogen-bond donors (Lipinski definition) is 1. The molecule has 1 aromatic heterocycles. The van der Waals surface area contributed by atoms with Gasteiger partial charge >= 0.3 is 0 Å². The number of carbonyl (C=O) groups is 1. The minimum absolute atomic E-state index is 0.0288. The summed E-state index contributed by atoms with van der Waals surface area (Å²) in [7, 11) is 0. The summed E-state index contributed by atoms with van der Waals surface area (Å²) in [5, 5.41) is 2.70. The van der Waals surface area contributed by atoms with Gasteiger partial charge in [0.2, 0.25) is 0 Å². The van der Waals surface area contributed by atoms with Crippen molar-refractivity contribution >= 4 is 21.8 Å². The maximum absolute atomic E-state index is 13.7. The van der Waals surface area contributed by atoms with Crippen molar-refractivity contribution in [2.24, 2.45) is 0 Å². The lowest BCUT2D eigenvalue weighted by Crippen LogP contribution is -2.24. The van der Waals surface area contributed by atoms with Gasteiger partial charge in [0.05, 0.1) is 10.0 Å². The van der Waals surface area contributed by atoms with Gasteiger partial charge < -0.3 is 5.32 Å². The molecule has 1 aromatic carbocycles. The number of amides is 1. The minimum Gasteiger partial charge on any atom is -0.348 e. The third-order valence-electron chi connectivity index (χ3n) is 2.77. The van der Waals surface area contributed by atoms with Crippen LogP contribution in [0.5, 0.6) is 0 Å². The summed E-state index contributed by atoms with van der Waals surface area (Å²) in [5.41, 5.74) is 1.97. The van der Waals surface area contributed by atoms with Gasteiger partial charge in [0, 0.05) is 18.9 Å². The Balaban J connectivity index is 2.10. The summed E-state index contributed by atoms with van der Waals surface area (Å²) < 4.78 is 14.0. The van der Waals surface area contributed by atoms with E-state index in [0.717, 1.165) is 11.1 Å². The van der Waals surface area contributed by atoms with Crippen LogP contribution in [0.15, 0.2) is 41.1 Å². The molecule has 0 radical (unpaired) electrons. The van der Waals surface area contributed by atoms with Crippen LogP contribution >= 0.6 is 15.9 Å². The first-order valence-electron chi connectivity index (χ1n) is 5.71. The van der Waals surface area contributed by atoms with E-state index in [9.17, 15) is 9.18 Å². The summed E-state index contributed by atoms with van der Waals surface area (Å²) in [5.74, 6) is -0.985. The van der Waals surface area contributed by atoms with E-state index < -0.39 is 11.7 Å². The molecule has 0 bridgehead atoms. The van der Waals surface area contributed by atoms with Crippen LogP contribution in [0.4, 0.5) is 4.39 Å². The third-order valence-corrected chi connectivity index (χ3v) is 3.38. The van der Waals surface area contributed by atoms with E-state index in [0.29, 0.717) is 6.54 Å². The van der Waals surface area contributed by atoms with E-state index in [4.69, 9.17) is 0 Å². The Hall–Kier alpha value is -1.75. The molecular formula is C14H12BrFN2O. The van der Waals surface area contributed by atoms with Crippen molar-refractivity contribution in [1.82, 2.24) is 10.3 Å². The number of halogens is 2. The second-order valence-electron chi connectivity index (χ2n) is 4.09. The van der Waals surface area contributed by atoms with E-state index in [1.165, 1.54) is 6.07 Å². The Morgan fingerprint density at radius 1 is 1.42 bits per heavy atom. The van der Waals surface area contributed by atoms with Crippen LogP contribution in [-0.4, -0.2) is 10.9 Å². The van der Waals surface area contributed by atoms with Crippen molar-refractivity contribution in [3.8, 4) is 0 Å². The maximum Gasteiger partial charge on any atom is 0.254 e. The zero-order chi connectivity index (χ0) is 13.8. The normalized spacial score (nSPS) is 10.3. The number of carbonyl (C=O) groups excluding carboxylic acids is 1. The summed E-state index contributed by atoms with van der Waals surface area (Å²) >= 11 is 3.06. The summed E-state index contributed by atoms with van der Waals surface area (Å²) in [4.78, 5) is 15.9. The zero-order valence-corrected chi connectivity index (χ0v) is 11.9. The highest BCUT2D eigenvalue weighted by Gasteiger charge is 2.13. The molecule has 0 spiro atoms. The molecule has 1 heterocycles. The first kappa shape index (κ1) is 13.7. The Morgan fingerprint density at radius 2 is 2.21 bits per heavy atom. The van der Waals surface area contributed by atoms with Crippen molar-refractivity contribution in [1.29, 1.82) is 0 Å².